The van der Waals surface area contributed by atoms with Crippen LogP contribution in [0.3, 0.4) is 0 Å². The monoisotopic (exact) mass is 491 g/mol. The molecule has 3 aliphatic rings. The van der Waals surface area contributed by atoms with Gasteiger partial charge >= 0.3 is 0 Å². The summed E-state index contributed by atoms with van der Waals surface area (Å²) in [5, 5.41) is 5.49. The predicted molar refractivity (Wildman–Crippen MR) is 139 cm³/mol. The van der Waals surface area contributed by atoms with E-state index >= 15 is 0 Å². The Morgan fingerprint density at radius 3 is 2.83 bits per heavy atom. The van der Waals surface area contributed by atoms with Crippen molar-refractivity contribution < 1.29 is 14.0 Å². The van der Waals surface area contributed by atoms with Crippen molar-refractivity contribution in [1.29, 1.82) is 0 Å². The van der Waals surface area contributed by atoms with Gasteiger partial charge in [0.25, 0.3) is 0 Å². The summed E-state index contributed by atoms with van der Waals surface area (Å²) in [6.45, 7) is 7.74. The van der Waals surface area contributed by atoms with Crippen molar-refractivity contribution in [2.24, 2.45) is 5.92 Å². The van der Waals surface area contributed by atoms with E-state index in [9.17, 15) is 0 Å². The summed E-state index contributed by atoms with van der Waals surface area (Å²) in [4.78, 5) is 12.1. The molecule has 3 saturated heterocycles. The van der Waals surface area contributed by atoms with Crippen LogP contribution in [0.25, 0.3) is 11.0 Å². The number of ether oxygens (including phenoxy) is 2. The third kappa shape index (κ3) is 5.08. The van der Waals surface area contributed by atoms with E-state index in [-0.39, 0.29) is 0 Å². The lowest BCUT2D eigenvalue weighted by atomic mass is 9.91. The molecule has 0 radical (unpaired) electrons. The van der Waals surface area contributed by atoms with Crippen LogP contribution >= 0.6 is 0 Å². The second-order valence-corrected chi connectivity index (χ2v) is 10.6. The van der Waals surface area contributed by atoms with Gasteiger partial charge in [-0.15, -0.1) is 0 Å². The number of nitrogens with zero attached hydrogens (tertiary/aromatic N) is 5. The number of likely N-dealkylation sites (tertiary alicyclic amines) is 1. The Hall–Kier alpha value is -2.68. The fourth-order valence-electron chi connectivity index (χ4n) is 6.20. The average molecular weight is 492 g/mol. The number of hydrogen-bond donors (Lipinski definition) is 0. The van der Waals surface area contributed by atoms with Gasteiger partial charge in [0, 0.05) is 70.1 Å². The van der Waals surface area contributed by atoms with E-state index in [1.165, 1.54) is 31.2 Å². The minimum atomic E-state index is 0.526. The zero-order valence-corrected chi connectivity index (χ0v) is 21.2. The van der Waals surface area contributed by atoms with Crippen LogP contribution in [0.4, 0.5) is 5.82 Å². The molecule has 8 nitrogen and oxygen atoms in total. The first-order valence-corrected chi connectivity index (χ1v) is 13.4. The Kier molecular flexibility index (Phi) is 7.07. The largest absolute Gasteiger partial charge is 0.477 e. The summed E-state index contributed by atoms with van der Waals surface area (Å²) in [6, 6.07) is 13.4. The third-order valence-electron chi connectivity index (χ3n) is 8.17. The minimum absolute atomic E-state index is 0.526. The van der Waals surface area contributed by atoms with Crippen LogP contribution in [0, 0.1) is 5.92 Å². The zero-order chi connectivity index (χ0) is 24.3. The van der Waals surface area contributed by atoms with Gasteiger partial charge in [0.05, 0.1) is 18.6 Å². The van der Waals surface area contributed by atoms with Crippen molar-refractivity contribution in [1.82, 2.24) is 19.9 Å². The first-order chi connectivity index (χ1) is 17.8. The van der Waals surface area contributed by atoms with E-state index < -0.39 is 0 Å². The fourth-order valence-corrected chi connectivity index (χ4v) is 6.20. The lowest BCUT2D eigenvalue weighted by Crippen LogP contribution is -2.57. The molecule has 0 bridgehead atoms. The van der Waals surface area contributed by atoms with Gasteiger partial charge in [-0.25, -0.2) is 4.98 Å². The van der Waals surface area contributed by atoms with Gasteiger partial charge in [-0.2, -0.15) is 0 Å². The van der Waals surface area contributed by atoms with Crippen LogP contribution in [0.2, 0.25) is 0 Å². The highest BCUT2D eigenvalue weighted by Crippen LogP contribution is 2.31. The van der Waals surface area contributed by atoms with Gasteiger partial charge < -0.3 is 18.9 Å². The normalized spacial score (nSPS) is 25.4. The number of pyridine rings is 1. The number of fused-ring (bicyclic) bond motifs is 2. The van der Waals surface area contributed by atoms with E-state index in [1.807, 2.05) is 24.4 Å². The SMILES string of the molecule is COCC1CCCN1Cc1ccc(OCC2CCC3CN(c4noc5ccccc45)CCN3C2)nc1. The molecule has 8 heteroatoms. The number of rotatable bonds is 8. The molecule has 6 rings (SSSR count). The summed E-state index contributed by atoms with van der Waals surface area (Å²) >= 11 is 0. The number of hydrogen-bond acceptors (Lipinski definition) is 8. The molecule has 5 heterocycles. The van der Waals surface area contributed by atoms with Crippen molar-refractivity contribution in [2.75, 3.05) is 57.9 Å². The first-order valence-electron chi connectivity index (χ1n) is 13.4. The van der Waals surface area contributed by atoms with Crippen molar-refractivity contribution in [3.8, 4) is 5.88 Å². The molecule has 3 unspecified atom stereocenters. The Labute approximate surface area is 213 Å². The number of piperazine rings is 1. The second-order valence-electron chi connectivity index (χ2n) is 10.6. The molecule has 3 atom stereocenters. The molecular weight excluding hydrogens is 454 g/mol. The van der Waals surface area contributed by atoms with Gasteiger partial charge in [0.2, 0.25) is 5.88 Å². The molecule has 0 N–H and O–H groups in total. The molecule has 3 aromatic rings. The molecule has 3 fully saturated rings. The maximum Gasteiger partial charge on any atom is 0.213 e. The standard InChI is InChI=1S/C28H37N5O3/c1-34-20-24-5-4-12-31(24)16-21-9-11-27(29-15-21)35-19-22-8-10-23-18-33(14-13-32(23)17-22)28-25-6-2-3-7-26(25)36-30-28/h2-3,6-7,9,11,15,22-24H,4-5,8,10,12-14,16-20H2,1H3. The Balaban J connectivity index is 0.979. The molecular formula is C28H37N5O3. The molecule has 192 valence electrons. The maximum absolute atomic E-state index is 6.13. The minimum Gasteiger partial charge on any atom is -0.477 e. The zero-order valence-electron chi connectivity index (χ0n) is 21.2. The number of piperidine rings is 1. The van der Waals surface area contributed by atoms with Crippen molar-refractivity contribution in [3.63, 3.8) is 0 Å². The van der Waals surface area contributed by atoms with Crippen LogP contribution in [0.15, 0.2) is 47.1 Å². The lowest BCUT2D eigenvalue weighted by Gasteiger charge is -2.46. The van der Waals surface area contributed by atoms with E-state index in [1.54, 1.807) is 7.11 Å². The highest BCUT2D eigenvalue weighted by atomic mass is 16.5. The molecule has 36 heavy (non-hydrogen) atoms. The molecule has 3 aliphatic heterocycles. The first kappa shape index (κ1) is 23.7. The van der Waals surface area contributed by atoms with Gasteiger partial charge in [0.1, 0.15) is 0 Å². The van der Waals surface area contributed by atoms with Crippen LogP contribution in [-0.2, 0) is 11.3 Å². The van der Waals surface area contributed by atoms with Crippen molar-refractivity contribution in [3.05, 3.63) is 48.2 Å². The van der Waals surface area contributed by atoms with Crippen molar-refractivity contribution >= 4 is 16.8 Å². The van der Waals surface area contributed by atoms with Crippen LogP contribution in [0.5, 0.6) is 5.88 Å². The van der Waals surface area contributed by atoms with E-state index in [2.05, 4.69) is 43.0 Å². The average Bonchev–Trinajstić information content (AvgIpc) is 3.55. The number of methoxy groups -OCH3 is 1. The quantitative estimate of drug-likeness (QED) is 0.471. The maximum atomic E-state index is 6.13. The molecule has 0 aliphatic carbocycles. The number of aromatic nitrogens is 2. The summed E-state index contributed by atoms with van der Waals surface area (Å²) in [6.07, 6.45) is 6.81. The molecule has 0 spiro atoms. The summed E-state index contributed by atoms with van der Waals surface area (Å²) < 4.78 is 17.1. The number of para-hydroxylation sites is 1. The van der Waals surface area contributed by atoms with Gasteiger partial charge in [0.15, 0.2) is 11.4 Å². The number of benzene rings is 1. The highest BCUT2D eigenvalue weighted by molar-refractivity contribution is 5.88. The molecule has 0 amide bonds. The van der Waals surface area contributed by atoms with Crippen LogP contribution in [-0.4, -0.2) is 85.1 Å². The van der Waals surface area contributed by atoms with Gasteiger partial charge in [-0.3, -0.25) is 9.80 Å². The molecule has 2 aromatic heterocycles. The second kappa shape index (κ2) is 10.7. The topological polar surface area (TPSA) is 67.1 Å². The summed E-state index contributed by atoms with van der Waals surface area (Å²) in [7, 11) is 1.79. The lowest BCUT2D eigenvalue weighted by molar-refractivity contribution is 0.0716. The summed E-state index contributed by atoms with van der Waals surface area (Å²) in [5.74, 6) is 2.27. The summed E-state index contributed by atoms with van der Waals surface area (Å²) in [5.41, 5.74) is 2.10. The Morgan fingerprint density at radius 2 is 1.94 bits per heavy atom. The van der Waals surface area contributed by atoms with E-state index in [0.717, 1.165) is 75.1 Å². The highest BCUT2D eigenvalue weighted by Gasteiger charge is 2.34. The number of anilines is 1. The third-order valence-corrected chi connectivity index (χ3v) is 8.17. The Bertz CT molecular complexity index is 1140. The predicted octanol–water partition coefficient (Wildman–Crippen LogP) is 3.81. The van der Waals surface area contributed by atoms with Gasteiger partial charge in [-0.1, -0.05) is 23.4 Å². The Morgan fingerprint density at radius 1 is 1.00 bits per heavy atom. The molecule has 1 aromatic carbocycles. The van der Waals surface area contributed by atoms with Crippen molar-refractivity contribution in [2.45, 2.75) is 44.3 Å². The molecule has 0 saturated carbocycles. The smallest absolute Gasteiger partial charge is 0.213 e. The van der Waals surface area contributed by atoms with E-state index in [4.69, 9.17) is 14.0 Å². The van der Waals surface area contributed by atoms with E-state index in [0.29, 0.717) is 18.0 Å². The van der Waals surface area contributed by atoms with Crippen LogP contribution in [0.1, 0.15) is 31.2 Å². The fraction of sp³-hybridized carbons (Fsp3) is 0.571. The van der Waals surface area contributed by atoms with Gasteiger partial charge in [-0.05, 0) is 49.9 Å². The van der Waals surface area contributed by atoms with Crippen LogP contribution < -0.4 is 9.64 Å².